The normalized spacial score (nSPS) is 12.8. The Balaban J connectivity index is 1.92. The molecule has 0 radical (unpaired) electrons. The topological polar surface area (TPSA) is 71.7 Å². The molecular weight excluding hydrogens is 454 g/mol. The smallest absolute Gasteiger partial charge is 0.279 e. The molecule has 3 aromatic rings. The summed E-state index contributed by atoms with van der Waals surface area (Å²) in [5.41, 5.74) is 2.21. The minimum Gasteiger partial charge on any atom is -0.319 e. The number of nitrogens with zero attached hydrogens (tertiary/aromatic N) is 3. The number of unbranched alkanes of at least 4 members (excludes halogenated alkanes) is 1. The monoisotopic (exact) mass is 479 g/mol. The van der Waals surface area contributed by atoms with E-state index in [1.54, 1.807) is 0 Å². The number of aryl methyl sites for hydroxylation is 2. The van der Waals surface area contributed by atoms with Crippen LogP contribution in [0.1, 0.15) is 42.6 Å². The van der Waals surface area contributed by atoms with Crippen LogP contribution in [0.25, 0.3) is 10.2 Å². The summed E-state index contributed by atoms with van der Waals surface area (Å²) in [6, 6.07) is 9.73. The quantitative estimate of drug-likeness (QED) is 0.490. The first-order valence-corrected chi connectivity index (χ1v) is 12.8. The molecule has 0 aliphatic rings. The van der Waals surface area contributed by atoms with E-state index in [1.807, 2.05) is 44.5 Å². The Kier molecular flexibility index (Phi) is 7.36. The zero-order valence-corrected chi connectivity index (χ0v) is 20.4. The van der Waals surface area contributed by atoms with E-state index < -0.39 is 15.9 Å². The van der Waals surface area contributed by atoms with Crippen LogP contribution in [-0.4, -0.2) is 36.3 Å². The fourth-order valence-corrected chi connectivity index (χ4v) is 6.08. The van der Waals surface area contributed by atoms with Crippen molar-refractivity contribution in [3.8, 4) is 0 Å². The molecule has 166 valence electrons. The number of rotatable bonds is 7. The fourth-order valence-electron chi connectivity index (χ4n) is 3.36. The van der Waals surface area contributed by atoms with Gasteiger partial charge >= 0.3 is 0 Å². The molecule has 0 fully saturated rings. The Morgan fingerprint density at radius 1 is 1.16 bits per heavy atom. The number of aromatic nitrogens is 1. The second kappa shape index (κ2) is 9.65. The van der Waals surface area contributed by atoms with Crippen molar-refractivity contribution in [2.45, 2.75) is 38.5 Å². The van der Waals surface area contributed by atoms with E-state index in [-0.39, 0.29) is 4.90 Å². The van der Waals surface area contributed by atoms with Crippen molar-refractivity contribution in [3.05, 3.63) is 57.3 Å². The molecule has 1 amide bonds. The number of halogens is 1. The van der Waals surface area contributed by atoms with Crippen LogP contribution in [0.5, 0.6) is 0 Å². The van der Waals surface area contributed by atoms with Crippen molar-refractivity contribution in [2.24, 2.45) is 12.0 Å². The molecule has 2 aromatic carbocycles. The average Bonchev–Trinajstić information content (AvgIpc) is 3.07. The molecule has 31 heavy (non-hydrogen) atoms. The van der Waals surface area contributed by atoms with Crippen molar-refractivity contribution in [1.82, 2.24) is 8.87 Å². The maximum absolute atomic E-state index is 12.9. The minimum atomic E-state index is -3.58. The molecule has 0 saturated carbocycles. The second-order valence-electron chi connectivity index (χ2n) is 7.25. The Bertz CT molecular complexity index is 1280. The van der Waals surface area contributed by atoms with E-state index in [9.17, 15) is 13.2 Å². The largest absolute Gasteiger partial charge is 0.319 e. The van der Waals surface area contributed by atoms with E-state index >= 15 is 0 Å². The first-order chi connectivity index (χ1) is 14.7. The first-order valence-electron chi connectivity index (χ1n) is 10.1. The lowest BCUT2D eigenvalue weighted by molar-refractivity contribution is 0.0998. The van der Waals surface area contributed by atoms with Crippen LogP contribution < -0.4 is 4.80 Å². The molecule has 0 bridgehead atoms. The molecule has 0 atom stereocenters. The second-order valence-corrected chi connectivity index (χ2v) is 10.6. The number of thiazole rings is 1. The summed E-state index contributed by atoms with van der Waals surface area (Å²) < 4.78 is 30.0. The van der Waals surface area contributed by atoms with E-state index in [2.05, 4.69) is 4.99 Å². The Morgan fingerprint density at radius 3 is 2.45 bits per heavy atom. The number of sulfonamides is 1. The van der Waals surface area contributed by atoms with Crippen molar-refractivity contribution in [1.29, 1.82) is 0 Å². The van der Waals surface area contributed by atoms with Gasteiger partial charge in [0.15, 0.2) is 4.80 Å². The van der Waals surface area contributed by atoms with Crippen molar-refractivity contribution in [2.75, 3.05) is 13.1 Å². The molecule has 0 unspecified atom stereocenters. The number of hydrogen-bond acceptors (Lipinski definition) is 4. The molecule has 1 aromatic heterocycles. The van der Waals surface area contributed by atoms with Crippen LogP contribution in [0.2, 0.25) is 5.02 Å². The van der Waals surface area contributed by atoms with Gasteiger partial charge in [0.1, 0.15) is 0 Å². The molecule has 0 N–H and O–H groups in total. The number of carbonyl (C=O) groups excluding carboxylic acids is 1. The number of fused-ring (bicyclic) bond motifs is 1. The van der Waals surface area contributed by atoms with Gasteiger partial charge in [0.25, 0.3) is 5.91 Å². The maximum Gasteiger partial charge on any atom is 0.279 e. The van der Waals surface area contributed by atoms with Crippen LogP contribution in [0.15, 0.2) is 46.3 Å². The Morgan fingerprint density at radius 2 is 1.84 bits per heavy atom. The molecule has 9 heteroatoms. The highest BCUT2D eigenvalue weighted by Crippen LogP contribution is 2.26. The predicted octanol–water partition coefficient (Wildman–Crippen LogP) is 4.75. The molecule has 0 aliphatic carbocycles. The van der Waals surface area contributed by atoms with Crippen molar-refractivity contribution in [3.63, 3.8) is 0 Å². The number of hydrogen-bond donors (Lipinski definition) is 0. The van der Waals surface area contributed by atoms with Crippen molar-refractivity contribution < 1.29 is 13.2 Å². The van der Waals surface area contributed by atoms with Gasteiger partial charge in [-0.1, -0.05) is 43.2 Å². The maximum atomic E-state index is 12.9. The van der Waals surface area contributed by atoms with E-state index in [1.165, 1.54) is 39.9 Å². The molecule has 1 heterocycles. The fraction of sp³-hybridized carbons (Fsp3) is 0.364. The van der Waals surface area contributed by atoms with Gasteiger partial charge in [-0.05, 0) is 55.3 Å². The summed E-state index contributed by atoms with van der Waals surface area (Å²) in [6.07, 6.45) is 1.72. The average molecular weight is 480 g/mol. The van der Waals surface area contributed by atoms with Crippen LogP contribution in [0.4, 0.5) is 0 Å². The Labute approximate surface area is 191 Å². The summed E-state index contributed by atoms with van der Waals surface area (Å²) in [4.78, 5) is 17.7. The number of amides is 1. The summed E-state index contributed by atoms with van der Waals surface area (Å²) in [5, 5.41) is 0.663. The van der Waals surface area contributed by atoms with Gasteiger partial charge in [0.2, 0.25) is 10.0 Å². The predicted molar refractivity (Wildman–Crippen MR) is 126 cm³/mol. The third-order valence-corrected chi connectivity index (χ3v) is 8.70. The van der Waals surface area contributed by atoms with Gasteiger partial charge in [0, 0.05) is 30.7 Å². The standard InChI is InChI=1S/C22H26ClN3O3S2/c1-5-7-14-26(6-2)31(28,29)17-10-8-16(9-11-17)21(27)24-22-25(4)20-15(3)18(23)12-13-19(20)30-22/h8-13H,5-7,14H2,1-4H3. The zero-order chi connectivity index (χ0) is 22.8. The highest BCUT2D eigenvalue weighted by molar-refractivity contribution is 7.89. The van der Waals surface area contributed by atoms with Crippen molar-refractivity contribution >= 4 is 49.1 Å². The molecule has 3 rings (SSSR count). The third-order valence-electron chi connectivity index (χ3n) is 5.20. The summed E-state index contributed by atoms with van der Waals surface area (Å²) >= 11 is 7.63. The Hall–Kier alpha value is -2.00. The summed E-state index contributed by atoms with van der Waals surface area (Å²) in [5.74, 6) is -0.423. The first kappa shape index (κ1) is 23.7. The lowest BCUT2D eigenvalue weighted by Gasteiger charge is -2.20. The van der Waals surface area contributed by atoms with Gasteiger partial charge in [-0.15, -0.1) is 0 Å². The molecule has 0 aliphatic heterocycles. The van der Waals surface area contributed by atoms with Gasteiger partial charge in [-0.3, -0.25) is 4.79 Å². The van der Waals surface area contributed by atoms with Gasteiger partial charge in [-0.2, -0.15) is 9.30 Å². The summed E-state index contributed by atoms with van der Waals surface area (Å²) in [7, 11) is -1.73. The van der Waals surface area contributed by atoms with Gasteiger partial charge in [0.05, 0.1) is 15.1 Å². The van der Waals surface area contributed by atoms with Crippen LogP contribution >= 0.6 is 22.9 Å². The molecule has 6 nitrogen and oxygen atoms in total. The third kappa shape index (κ3) is 4.77. The highest BCUT2D eigenvalue weighted by Gasteiger charge is 2.22. The lowest BCUT2D eigenvalue weighted by atomic mass is 10.2. The van der Waals surface area contributed by atoms with Gasteiger partial charge in [-0.25, -0.2) is 8.42 Å². The van der Waals surface area contributed by atoms with E-state index in [0.717, 1.165) is 28.6 Å². The highest BCUT2D eigenvalue weighted by atomic mass is 35.5. The van der Waals surface area contributed by atoms with Crippen LogP contribution in [-0.2, 0) is 17.1 Å². The molecule has 0 saturated heterocycles. The van der Waals surface area contributed by atoms with E-state index in [4.69, 9.17) is 11.6 Å². The minimum absolute atomic E-state index is 0.180. The number of benzene rings is 2. The van der Waals surface area contributed by atoms with Crippen LogP contribution in [0.3, 0.4) is 0 Å². The molecular formula is C22H26ClN3O3S2. The molecule has 0 spiro atoms. The SMILES string of the molecule is CCCCN(CC)S(=O)(=O)c1ccc(C(=O)N=c2sc3ccc(Cl)c(C)c3n2C)cc1. The zero-order valence-electron chi connectivity index (χ0n) is 18.1. The van der Waals surface area contributed by atoms with Gasteiger partial charge < -0.3 is 4.57 Å². The van der Waals surface area contributed by atoms with E-state index in [0.29, 0.717) is 28.5 Å². The van der Waals surface area contributed by atoms with Crippen LogP contribution in [0, 0.1) is 6.92 Å². The number of carbonyl (C=O) groups is 1. The summed E-state index contributed by atoms with van der Waals surface area (Å²) in [6.45, 7) is 6.67. The lowest BCUT2D eigenvalue weighted by Crippen LogP contribution is -2.31.